The van der Waals surface area contributed by atoms with Gasteiger partial charge in [-0.1, -0.05) is 19.0 Å². The standard InChI is InChI=1S/C30H40N8O10S2/c1-28(2)16(12-31)11-19(28)35-23(32)15-6-8-18-14(10-15)7-9-20(46-18)30(5,26(41)42)47-37-21(17-13-49-27(33)34-17)24(39)36-22-25(40)38(29(22,3)4)48-50(43,44)45/h6,8,10,13,16,19-20,22H,7,9,11-12,31H2,1-5H3,(H2,32,35)(H2,33,34)(H,36,39)(H,41,42)(H,43,44,45)/b37-21-/t16-,19-,20-,22-,30+/m1/s1. The summed E-state index contributed by atoms with van der Waals surface area (Å²) < 4.78 is 41.8. The third kappa shape index (κ3) is 6.84. The number of anilines is 1. The number of benzene rings is 1. The lowest BCUT2D eigenvalue weighted by atomic mass is 9.58. The van der Waals surface area contributed by atoms with Crippen LogP contribution < -0.4 is 26.8 Å². The van der Waals surface area contributed by atoms with Crippen molar-refractivity contribution in [3.63, 3.8) is 0 Å². The molecule has 9 N–H and O–H groups in total. The molecule has 2 aromatic rings. The first-order valence-electron chi connectivity index (χ1n) is 15.6. The molecule has 1 aliphatic carbocycles. The number of carbonyl (C=O) groups is 3. The summed E-state index contributed by atoms with van der Waals surface area (Å²) in [5, 5.41) is 30.3. The van der Waals surface area contributed by atoms with Gasteiger partial charge in [-0.15, -0.1) is 15.6 Å². The van der Waals surface area contributed by atoms with Crippen LogP contribution in [0.4, 0.5) is 5.13 Å². The van der Waals surface area contributed by atoms with Gasteiger partial charge in [-0.3, -0.25) is 19.6 Å². The molecule has 0 unspecified atom stereocenters. The number of ether oxygens (including phenoxy) is 1. The average molecular weight is 737 g/mol. The van der Waals surface area contributed by atoms with Crippen molar-refractivity contribution in [3.8, 4) is 5.75 Å². The Balaban J connectivity index is 1.32. The molecule has 1 saturated heterocycles. The van der Waals surface area contributed by atoms with Crippen LogP contribution in [0.3, 0.4) is 0 Å². The van der Waals surface area contributed by atoms with Crippen LogP contribution in [0.2, 0.25) is 0 Å². The summed E-state index contributed by atoms with van der Waals surface area (Å²) in [5.41, 5.74) is 8.83. The third-order valence-corrected chi connectivity index (χ3v) is 10.8. The van der Waals surface area contributed by atoms with Crippen molar-refractivity contribution < 1.29 is 46.3 Å². The van der Waals surface area contributed by atoms with E-state index in [0.29, 0.717) is 35.3 Å². The normalized spacial score (nSPS) is 25.1. The van der Waals surface area contributed by atoms with Gasteiger partial charge in [0, 0.05) is 17.0 Å². The maximum atomic E-state index is 13.5. The number of carboxylic acid groups (broad SMARTS) is 1. The quantitative estimate of drug-likeness (QED) is 0.0522. The fraction of sp³-hybridized carbons (Fsp3) is 0.533. The minimum Gasteiger partial charge on any atom is -0.485 e. The van der Waals surface area contributed by atoms with Gasteiger partial charge in [-0.05, 0) is 81.7 Å². The second-order valence-corrected chi connectivity index (χ2v) is 15.6. The van der Waals surface area contributed by atoms with Crippen LogP contribution in [0, 0.1) is 16.7 Å². The molecule has 0 radical (unpaired) electrons. The number of nitrogens with two attached hydrogens (primary N) is 2. The number of amidine groups is 1. The summed E-state index contributed by atoms with van der Waals surface area (Å²) in [6.45, 7) is 8.82. The number of thiazole rings is 1. The maximum absolute atomic E-state index is 13.5. The number of β-lactam (4-membered cyclic amide) rings is 1. The second-order valence-electron chi connectivity index (χ2n) is 13.7. The van der Waals surface area contributed by atoms with Gasteiger partial charge in [0.25, 0.3) is 17.4 Å². The number of hydrogen-bond donors (Lipinski definition) is 7. The molecule has 3 heterocycles. The molecule has 2 fully saturated rings. The Hall–Kier alpha value is -4.37. The maximum Gasteiger partial charge on any atom is 0.418 e. The highest BCUT2D eigenvalue weighted by Crippen LogP contribution is 2.45. The molecule has 1 saturated carbocycles. The van der Waals surface area contributed by atoms with Crippen LogP contribution in [0.25, 0.3) is 0 Å². The molecule has 18 nitrogen and oxygen atoms in total. The molecule has 2 amide bonds. The van der Waals surface area contributed by atoms with Crippen molar-refractivity contribution in [1.82, 2.24) is 20.7 Å². The van der Waals surface area contributed by atoms with Crippen LogP contribution in [0.1, 0.15) is 64.3 Å². The second kappa shape index (κ2) is 13.1. The smallest absolute Gasteiger partial charge is 0.418 e. The SMILES string of the molecule is CC1(C)[C@@H](CN)C[C@H]1NC(=N)c1ccc2c(c1)CC[C@H]([C@](C)(O/N=C(\C(=O)N[C@@H]1C(=O)N(OS(=O)(=O)O)C1(C)C)c1csc(N)n1)C(=O)O)O2. The predicted molar refractivity (Wildman–Crippen MR) is 180 cm³/mol. The molecule has 272 valence electrons. The molecule has 0 bridgehead atoms. The molecule has 1 aromatic heterocycles. The molecule has 20 heteroatoms. The van der Waals surface area contributed by atoms with Gasteiger partial charge >= 0.3 is 16.4 Å². The number of amides is 2. The largest absolute Gasteiger partial charge is 0.485 e. The van der Waals surface area contributed by atoms with E-state index in [1.807, 2.05) is 6.07 Å². The number of nitrogen functional groups attached to an aromatic ring is 1. The molecule has 2 aliphatic heterocycles. The van der Waals surface area contributed by atoms with E-state index in [1.165, 1.54) is 26.2 Å². The molecule has 5 rings (SSSR count). The van der Waals surface area contributed by atoms with E-state index < -0.39 is 57.2 Å². The number of aromatic nitrogens is 1. The minimum absolute atomic E-state index is 0.0466. The van der Waals surface area contributed by atoms with Crippen LogP contribution in [0.15, 0.2) is 28.7 Å². The third-order valence-electron chi connectivity index (χ3n) is 9.83. The minimum atomic E-state index is -5.03. The highest BCUT2D eigenvalue weighted by atomic mass is 32.3. The predicted octanol–water partition coefficient (Wildman–Crippen LogP) is 0.811. The molecule has 5 atom stereocenters. The Labute approximate surface area is 291 Å². The van der Waals surface area contributed by atoms with Crippen molar-refractivity contribution in [1.29, 1.82) is 5.41 Å². The van der Waals surface area contributed by atoms with Gasteiger partial charge in [0.1, 0.15) is 23.3 Å². The number of oxime groups is 1. The number of carbonyl (C=O) groups excluding carboxylic acids is 2. The summed E-state index contributed by atoms with van der Waals surface area (Å²) in [6, 6.07) is 3.96. The average Bonchev–Trinajstić information content (AvgIpc) is 3.48. The van der Waals surface area contributed by atoms with E-state index in [1.54, 1.807) is 12.1 Å². The van der Waals surface area contributed by atoms with Gasteiger partial charge in [-0.25, -0.2) is 9.78 Å². The number of aliphatic carboxylic acids is 1. The Morgan fingerprint density at radius 3 is 2.54 bits per heavy atom. The van der Waals surface area contributed by atoms with Crippen molar-refractivity contribution in [2.45, 2.75) is 83.2 Å². The van der Waals surface area contributed by atoms with Crippen molar-refractivity contribution in [2.75, 3.05) is 12.3 Å². The zero-order chi connectivity index (χ0) is 37.0. The number of nitrogens with one attached hydrogen (secondary N) is 3. The number of hydroxylamine groups is 2. The van der Waals surface area contributed by atoms with Crippen LogP contribution >= 0.6 is 11.3 Å². The number of fused-ring (bicyclic) bond motifs is 1. The monoisotopic (exact) mass is 736 g/mol. The topological polar surface area (TPSA) is 282 Å². The van der Waals surface area contributed by atoms with Crippen LogP contribution in [0.5, 0.6) is 5.75 Å². The zero-order valence-corrected chi connectivity index (χ0v) is 29.6. The number of rotatable bonds is 12. The van der Waals surface area contributed by atoms with Crippen LogP contribution in [-0.2, 0) is 40.3 Å². The van der Waals surface area contributed by atoms with Crippen molar-refractivity contribution >= 4 is 56.2 Å². The van der Waals surface area contributed by atoms with Crippen molar-refractivity contribution in [2.24, 2.45) is 22.2 Å². The number of carboxylic acids is 1. The molecule has 1 aromatic carbocycles. The summed E-state index contributed by atoms with van der Waals surface area (Å²) in [7, 11) is -5.03. The van der Waals surface area contributed by atoms with E-state index in [2.05, 4.69) is 38.9 Å². The summed E-state index contributed by atoms with van der Waals surface area (Å²) in [4.78, 5) is 48.4. The number of nitrogens with zero attached hydrogens (tertiary/aromatic N) is 3. The molecular weight excluding hydrogens is 697 g/mol. The fourth-order valence-corrected chi connectivity index (χ4v) is 7.25. The first kappa shape index (κ1) is 36.9. The Bertz CT molecular complexity index is 1860. The number of aryl methyl sites for hydroxylation is 1. The number of hydrogen-bond acceptors (Lipinski definition) is 14. The highest BCUT2D eigenvalue weighted by molar-refractivity contribution is 7.80. The summed E-state index contributed by atoms with van der Waals surface area (Å²) >= 11 is 0.962. The fourth-order valence-electron chi connectivity index (χ4n) is 6.25. The highest BCUT2D eigenvalue weighted by Gasteiger charge is 2.58. The summed E-state index contributed by atoms with van der Waals surface area (Å²) in [5.74, 6) is -2.42. The van der Waals surface area contributed by atoms with E-state index >= 15 is 0 Å². The van der Waals surface area contributed by atoms with Crippen LogP contribution in [-0.4, -0.2) is 93.3 Å². The molecule has 3 aliphatic rings. The zero-order valence-electron chi connectivity index (χ0n) is 27.9. The van der Waals surface area contributed by atoms with Gasteiger partial charge < -0.3 is 36.8 Å². The lowest BCUT2D eigenvalue weighted by Crippen LogP contribution is -2.76. The first-order valence-corrected chi connectivity index (χ1v) is 17.8. The first-order chi connectivity index (χ1) is 23.2. The molecule has 50 heavy (non-hydrogen) atoms. The van der Waals surface area contributed by atoms with Gasteiger partial charge in [-0.2, -0.15) is 13.5 Å². The van der Waals surface area contributed by atoms with E-state index in [4.69, 9.17) is 31.0 Å². The lowest BCUT2D eigenvalue weighted by Gasteiger charge is -2.52. The van der Waals surface area contributed by atoms with Gasteiger partial charge in [0.15, 0.2) is 16.9 Å². The van der Waals surface area contributed by atoms with E-state index in [9.17, 15) is 27.9 Å². The Kier molecular flexibility index (Phi) is 9.64. The lowest BCUT2D eigenvalue weighted by molar-refractivity contribution is -0.218. The van der Waals surface area contributed by atoms with Gasteiger partial charge in [0.2, 0.25) is 0 Å². The van der Waals surface area contributed by atoms with E-state index in [0.717, 1.165) is 23.3 Å². The summed E-state index contributed by atoms with van der Waals surface area (Å²) in [6.07, 6.45) is 0.367. The Morgan fingerprint density at radius 1 is 1.28 bits per heavy atom. The van der Waals surface area contributed by atoms with Gasteiger partial charge in [0.05, 0.1) is 5.54 Å². The van der Waals surface area contributed by atoms with E-state index in [-0.39, 0.29) is 34.5 Å². The Morgan fingerprint density at radius 2 is 1.98 bits per heavy atom. The molecular formula is C30H40N8O10S2. The molecule has 0 spiro atoms. The van der Waals surface area contributed by atoms with Crippen molar-refractivity contribution in [3.05, 3.63) is 40.4 Å².